The summed E-state index contributed by atoms with van der Waals surface area (Å²) >= 11 is 6.18. The zero-order valence-corrected chi connectivity index (χ0v) is 16.3. The lowest BCUT2D eigenvalue weighted by molar-refractivity contribution is 0.0954. The number of nitrogens with zero attached hydrogens (tertiary/aromatic N) is 1. The van der Waals surface area contributed by atoms with Crippen molar-refractivity contribution in [2.24, 2.45) is 0 Å². The quantitative estimate of drug-likeness (QED) is 0.495. The molecule has 0 atom stereocenters. The number of aromatic amines is 1. The van der Waals surface area contributed by atoms with Crippen LogP contribution in [0.15, 0.2) is 67.0 Å². The van der Waals surface area contributed by atoms with Crippen molar-refractivity contribution in [3.8, 4) is 11.3 Å². The Morgan fingerprint density at radius 2 is 1.96 bits per heavy atom. The normalized spacial score (nSPS) is 10.9. The largest absolute Gasteiger partial charge is 0.361 e. The highest BCUT2D eigenvalue weighted by atomic mass is 35.5. The van der Waals surface area contributed by atoms with Gasteiger partial charge >= 0.3 is 0 Å². The molecule has 1 amide bonds. The van der Waals surface area contributed by atoms with Crippen LogP contribution in [-0.2, 0) is 6.42 Å². The van der Waals surface area contributed by atoms with Gasteiger partial charge < -0.3 is 10.3 Å². The highest BCUT2D eigenvalue weighted by molar-refractivity contribution is 6.32. The van der Waals surface area contributed by atoms with Gasteiger partial charge in [-0.1, -0.05) is 29.8 Å². The molecule has 0 unspecified atom stereocenters. The topological polar surface area (TPSA) is 57.8 Å². The third-order valence-electron chi connectivity index (χ3n) is 4.83. The van der Waals surface area contributed by atoms with E-state index in [9.17, 15) is 4.79 Å². The second-order valence-electron chi connectivity index (χ2n) is 6.76. The minimum atomic E-state index is -0.0772. The maximum Gasteiger partial charge on any atom is 0.251 e. The minimum Gasteiger partial charge on any atom is -0.361 e. The molecule has 28 heavy (non-hydrogen) atoms. The molecule has 2 heterocycles. The van der Waals surface area contributed by atoms with Crippen LogP contribution in [0.3, 0.4) is 0 Å². The first-order valence-electron chi connectivity index (χ1n) is 9.17. The zero-order valence-electron chi connectivity index (χ0n) is 15.5. The summed E-state index contributed by atoms with van der Waals surface area (Å²) in [6, 6.07) is 17.3. The predicted molar refractivity (Wildman–Crippen MR) is 114 cm³/mol. The molecule has 4 nitrogen and oxygen atoms in total. The molecule has 4 aromatic rings. The van der Waals surface area contributed by atoms with Gasteiger partial charge in [-0.15, -0.1) is 0 Å². The van der Waals surface area contributed by atoms with Gasteiger partial charge in [0, 0.05) is 46.0 Å². The molecule has 4 rings (SSSR count). The summed E-state index contributed by atoms with van der Waals surface area (Å²) in [6.45, 7) is 2.56. The number of pyridine rings is 1. The average molecular weight is 390 g/mol. The van der Waals surface area contributed by atoms with Crippen molar-refractivity contribution in [1.82, 2.24) is 15.3 Å². The van der Waals surface area contributed by atoms with Gasteiger partial charge in [-0.2, -0.15) is 0 Å². The smallest absolute Gasteiger partial charge is 0.251 e. The van der Waals surface area contributed by atoms with Gasteiger partial charge in [0.1, 0.15) is 0 Å². The first-order chi connectivity index (χ1) is 13.6. The van der Waals surface area contributed by atoms with E-state index in [4.69, 9.17) is 11.6 Å². The molecular weight excluding hydrogens is 370 g/mol. The number of benzene rings is 2. The van der Waals surface area contributed by atoms with Crippen molar-refractivity contribution >= 4 is 28.4 Å². The lowest BCUT2D eigenvalue weighted by Crippen LogP contribution is -2.25. The maximum atomic E-state index is 12.4. The molecule has 140 valence electrons. The number of nitrogens with one attached hydrogen (secondary N) is 2. The van der Waals surface area contributed by atoms with Crippen LogP contribution in [0.2, 0.25) is 5.02 Å². The number of aromatic nitrogens is 2. The van der Waals surface area contributed by atoms with E-state index in [-0.39, 0.29) is 5.91 Å². The Hall–Kier alpha value is -3.11. The van der Waals surface area contributed by atoms with Crippen LogP contribution in [0, 0.1) is 6.92 Å². The van der Waals surface area contributed by atoms with E-state index in [1.807, 2.05) is 61.7 Å². The minimum absolute atomic E-state index is 0.0772. The molecule has 0 saturated heterocycles. The average Bonchev–Trinajstić information content (AvgIpc) is 3.10. The Morgan fingerprint density at radius 1 is 1.14 bits per heavy atom. The van der Waals surface area contributed by atoms with Crippen molar-refractivity contribution in [1.29, 1.82) is 0 Å². The second-order valence-corrected chi connectivity index (χ2v) is 7.17. The summed E-state index contributed by atoms with van der Waals surface area (Å²) in [5.74, 6) is -0.0772. The first kappa shape index (κ1) is 18.3. The lowest BCUT2D eigenvalue weighted by Gasteiger charge is -2.07. The van der Waals surface area contributed by atoms with Gasteiger partial charge in [-0.25, -0.2) is 0 Å². The number of carbonyl (C=O) groups is 1. The summed E-state index contributed by atoms with van der Waals surface area (Å²) in [4.78, 5) is 20.0. The van der Waals surface area contributed by atoms with Crippen molar-refractivity contribution in [3.05, 3.63) is 88.7 Å². The van der Waals surface area contributed by atoms with Gasteiger partial charge in [0.25, 0.3) is 5.91 Å². The van der Waals surface area contributed by atoms with Crippen molar-refractivity contribution in [2.45, 2.75) is 13.3 Å². The Kier molecular flexibility index (Phi) is 5.13. The van der Waals surface area contributed by atoms with Crippen LogP contribution < -0.4 is 5.32 Å². The zero-order chi connectivity index (χ0) is 19.5. The molecular formula is C23H20ClN3O. The monoisotopic (exact) mass is 389 g/mol. The summed E-state index contributed by atoms with van der Waals surface area (Å²) in [6.07, 6.45) is 4.49. The molecule has 2 N–H and O–H groups in total. The number of hydrogen-bond acceptors (Lipinski definition) is 2. The SMILES string of the molecule is Cc1cc2c(CCNC(=O)c3ccc(-c4ccccn4)cc3)c[nH]c2cc1Cl. The molecule has 0 aliphatic carbocycles. The van der Waals surface area contributed by atoms with Gasteiger partial charge in [0.2, 0.25) is 0 Å². The fourth-order valence-corrected chi connectivity index (χ4v) is 3.42. The highest BCUT2D eigenvalue weighted by Gasteiger charge is 2.09. The van der Waals surface area contributed by atoms with E-state index >= 15 is 0 Å². The molecule has 2 aromatic heterocycles. The lowest BCUT2D eigenvalue weighted by atomic mass is 10.1. The third-order valence-corrected chi connectivity index (χ3v) is 5.24. The van der Waals surface area contributed by atoms with E-state index in [1.54, 1.807) is 6.20 Å². The third kappa shape index (κ3) is 3.78. The Bertz CT molecular complexity index is 1120. The van der Waals surface area contributed by atoms with Crippen LogP contribution in [0.5, 0.6) is 0 Å². The Labute approximate surface area is 168 Å². The summed E-state index contributed by atoms with van der Waals surface area (Å²) in [5.41, 5.74) is 5.75. The van der Waals surface area contributed by atoms with Gasteiger partial charge in [-0.05, 0) is 60.9 Å². The van der Waals surface area contributed by atoms with Crippen LogP contribution in [-0.4, -0.2) is 22.4 Å². The summed E-state index contributed by atoms with van der Waals surface area (Å²) < 4.78 is 0. The molecule has 5 heteroatoms. The van der Waals surface area contributed by atoms with E-state index in [1.165, 1.54) is 5.56 Å². The number of amides is 1. The summed E-state index contributed by atoms with van der Waals surface area (Å²) in [5, 5.41) is 4.89. The highest BCUT2D eigenvalue weighted by Crippen LogP contribution is 2.25. The van der Waals surface area contributed by atoms with Gasteiger partial charge in [0.15, 0.2) is 0 Å². The van der Waals surface area contributed by atoms with Crippen LogP contribution in [0.1, 0.15) is 21.5 Å². The molecule has 0 fully saturated rings. The molecule has 0 spiro atoms. The standard InChI is InChI=1S/C23H20ClN3O/c1-15-12-19-18(14-27-22(19)13-20(15)24)9-11-26-23(28)17-7-5-16(6-8-17)21-4-2-3-10-25-21/h2-8,10,12-14,27H,9,11H2,1H3,(H,26,28). The fourth-order valence-electron chi connectivity index (χ4n) is 3.25. The van der Waals surface area contributed by atoms with E-state index < -0.39 is 0 Å². The molecule has 2 aromatic carbocycles. The molecule has 0 aliphatic heterocycles. The number of halogens is 1. The number of rotatable bonds is 5. The molecule has 0 bridgehead atoms. The second kappa shape index (κ2) is 7.87. The van der Waals surface area contributed by atoms with Crippen molar-refractivity contribution in [2.75, 3.05) is 6.54 Å². The molecule has 0 aliphatic rings. The van der Waals surface area contributed by atoms with Crippen molar-refractivity contribution in [3.63, 3.8) is 0 Å². The number of fused-ring (bicyclic) bond motifs is 1. The van der Waals surface area contributed by atoms with Gasteiger partial charge in [-0.3, -0.25) is 9.78 Å². The molecule has 0 radical (unpaired) electrons. The number of carbonyl (C=O) groups excluding carboxylic acids is 1. The first-order valence-corrected chi connectivity index (χ1v) is 9.55. The predicted octanol–water partition coefficient (Wildman–Crippen LogP) is 5.16. The van der Waals surface area contributed by atoms with Crippen LogP contribution in [0.4, 0.5) is 0 Å². The van der Waals surface area contributed by atoms with Gasteiger partial charge in [0.05, 0.1) is 5.69 Å². The van der Waals surface area contributed by atoms with Crippen LogP contribution >= 0.6 is 11.6 Å². The fraction of sp³-hybridized carbons (Fsp3) is 0.130. The summed E-state index contributed by atoms with van der Waals surface area (Å²) in [7, 11) is 0. The Balaban J connectivity index is 1.39. The number of hydrogen-bond donors (Lipinski definition) is 2. The number of aryl methyl sites for hydroxylation is 1. The molecule has 0 saturated carbocycles. The number of H-pyrrole nitrogens is 1. The van der Waals surface area contributed by atoms with E-state index in [0.717, 1.165) is 39.2 Å². The van der Waals surface area contributed by atoms with Crippen LogP contribution in [0.25, 0.3) is 22.2 Å². The maximum absolute atomic E-state index is 12.4. The van der Waals surface area contributed by atoms with E-state index in [2.05, 4.69) is 21.4 Å². The van der Waals surface area contributed by atoms with E-state index in [0.29, 0.717) is 12.1 Å². The Morgan fingerprint density at radius 3 is 2.71 bits per heavy atom. The van der Waals surface area contributed by atoms with Crippen molar-refractivity contribution < 1.29 is 4.79 Å².